The molecule has 2 nitrogen and oxygen atoms in total. The van der Waals surface area contributed by atoms with Gasteiger partial charge in [0.2, 0.25) is 0 Å². The maximum atomic E-state index is 4.33. The molecule has 1 N–H and O–H groups in total. The van der Waals surface area contributed by atoms with Crippen LogP contribution in [0.25, 0.3) is 0 Å². The van der Waals surface area contributed by atoms with Crippen molar-refractivity contribution in [2.45, 2.75) is 26.3 Å². The predicted molar refractivity (Wildman–Crippen MR) is 57.9 cm³/mol. The monoisotopic (exact) mass is 240 g/mol. The number of aromatic nitrogens is 1. The summed E-state index contributed by atoms with van der Waals surface area (Å²) >= 11 is 3.40. The third kappa shape index (κ3) is 2.02. The van der Waals surface area contributed by atoms with E-state index in [1.165, 1.54) is 12.0 Å². The van der Waals surface area contributed by atoms with Crippen LogP contribution in [0.1, 0.15) is 18.9 Å². The normalized spacial score (nSPS) is 25.8. The van der Waals surface area contributed by atoms with Crippen LogP contribution in [0.2, 0.25) is 0 Å². The molecule has 1 aromatic heterocycles. The van der Waals surface area contributed by atoms with Gasteiger partial charge in [0.1, 0.15) is 5.82 Å². The van der Waals surface area contributed by atoms with E-state index in [1.807, 2.05) is 6.20 Å². The van der Waals surface area contributed by atoms with Crippen molar-refractivity contribution in [3.8, 4) is 0 Å². The lowest BCUT2D eigenvalue weighted by atomic mass is 10.3. The van der Waals surface area contributed by atoms with Crippen molar-refractivity contribution < 1.29 is 0 Å². The highest BCUT2D eigenvalue weighted by molar-refractivity contribution is 9.10. The number of halogens is 1. The Morgan fingerprint density at radius 1 is 1.62 bits per heavy atom. The molecule has 1 saturated carbocycles. The Morgan fingerprint density at radius 2 is 2.31 bits per heavy atom. The molecule has 3 heteroatoms. The molecule has 2 rings (SSSR count). The van der Waals surface area contributed by atoms with Crippen LogP contribution < -0.4 is 5.32 Å². The predicted octanol–water partition coefficient (Wildman–Crippen LogP) is 2.97. The highest BCUT2D eigenvalue weighted by Gasteiger charge is 2.32. The number of aryl methyl sites for hydroxylation is 1. The van der Waals surface area contributed by atoms with Crippen molar-refractivity contribution in [2.75, 3.05) is 5.32 Å². The van der Waals surface area contributed by atoms with Gasteiger partial charge in [-0.15, -0.1) is 0 Å². The van der Waals surface area contributed by atoms with E-state index >= 15 is 0 Å². The minimum absolute atomic E-state index is 0.646. The van der Waals surface area contributed by atoms with E-state index in [0.717, 1.165) is 16.2 Å². The van der Waals surface area contributed by atoms with Crippen molar-refractivity contribution in [1.82, 2.24) is 4.98 Å². The topological polar surface area (TPSA) is 24.9 Å². The van der Waals surface area contributed by atoms with Gasteiger partial charge >= 0.3 is 0 Å². The summed E-state index contributed by atoms with van der Waals surface area (Å²) in [5, 5.41) is 3.43. The van der Waals surface area contributed by atoms with Gasteiger partial charge in [0, 0.05) is 16.7 Å². The zero-order valence-corrected chi connectivity index (χ0v) is 9.43. The fraction of sp³-hybridized carbons (Fsp3) is 0.500. The second-order valence-corrected chi connectivity index (χ2v) is 4.70. The van der Waals surface area contributed by atoms with Crippen LogP contribution in [0.5, 0.6) is 0 Å². The van der Waals surface area contributed by atoms with Crippen LogP contribution in [0.15, 0.2) is 16.7 Å². The second kappa shape index (κ2) is 3.29. The van der Waals surface area contributed by atoms with Crippen LogP contribution in [0.3, 0.4) is 0 Å². The van der Waals surface area contributed by atoms with Crippen LogP contribution in [0.4, 0.5) is 5.82 Å². The molecular weight excluding hydrogens is 228 g/mol. The SMILES string of the molecule is Cc1cc(Br)cnc1NC1CC1C. The first-order chi connectivity index (χ1) is 6.16. The molecule has 0 amide bonds. The first-order valence-electron chi connectivity index (χ1n) is 4.55. The number of nitrogens with zero attached hydrogens (tertiary/aromatic N) is 1. The molecule has 1 heterocycles. The first kappa shape index (κ1) is 9.00. The maximum Gasteiger partial charge on any atom is 0.129 e. The van der Waals surface area contributed by atoms with Crippen molar-refractivity contribution in [3.63, 3.8) is 0 Å². The summed E-state index contributed by atoms with van der Waals surface area (Å²) in [6.07, 6.45) is 3.11. The molecule has 1 fully saturated rings. The highest BCUT2D eigenvalue weighted by Crippen LogP contribution is 2.33. The zero-order valence-electron chi connectivity index (χ0n) is 7.84. The summed E-state index contributed by atoms with van der Waals surface area (Å²) in [5.74, 6) is 1.84. The summed E-state index contributed by atoms with van der Waals surface area (Å²) in [5.41, 5.74) is 1.20. The number of hydrogen-bond acceptors (Lipinski definition) is 2. The van der Waals surface area contributed by atoms with Gasteiger partial charge in [-0.05, 0) is 46.8 Å². The molecule has 0 bridgehead atoms. The van der Waals surface area contributed by atoms with Crippen molar-refractivity contribution in [2.24, 2.45) is 5.92 Å². The molecule has 0 saturated heterocycles. The lowest BCUT2D eigenvalue weighted by Crippen LogP contribution is -2.06. The van der Waals surface area contributed by atoms with Gasteiger partial charge < -0.3 is 5.32 Å². The molecular formula is C10H13BrN2. The lowest BCUT2D eigenvalue weighted by molar-refractivity contribution is 0.921. The number of rotatable bonds is 2. The number of hydrogen-bond donors (Lipinski definition) is 1. The summed E-state index contributed by atoms with van der Waals surface area (Å²) in [6.45, 7) is 4.33. The van der Waals surface area contributed by atoms with E-state index in [4.69, 9.17) is 0 Å². The standard InChI is InChI=1S/C10H13BrN2/c1-6-4-9(6)13-10-7(2)3-8(11)5-12-10/h3,5-6,9H,4H2,1-2H3,(H,12,13). The molecule has 0 aliphatic heterocycles. The van der Waals surface area contributed by atoms with Crippen molar-refractivity contribution in [1.29, 1.82) is 0 Å². The Kier molecular flexibility index (Phi) is 2.28. The van der Waals surface area contributed by atoms with Gasteiger partial charge in [0.25, 0.3) is 0 Å². The van der Waals surface area contributed by atoms with Crippen LogP contribution in [0, 0.1) is 12.8 Å². The average molecular weight is 241 g/mol. The van der Waals surface area contributed by atoms with Crippen LogP contribution in [-0.2, 0) is 0 Å². The van der Waals surface area contributed by atoms with Gasteiger partial charge in [-0.25, -0.2) is 4.98 Å². The van der Waals surface area contributed by atoms with E-state index in [-0.39, 0.29) is 0 Å². The molecule has 1 aromatic rings. The molecule has 2 atom stereocenters. The van der Waals surface area contributed by atoms with Gasteiger partial charge in [0.15, 0.2) is 0 Å². The Labute approximate surface area is 86.9 Å². The average Bonchev–Trinajstić information content (AvgIpc) is 2.73. The summed E-state index contributed by atoms with van der Waals surface area (Å²) < 4.78 is 1.04. The Bertz CT molecular complexity index is 325. The van der Waals surface area contributed by atoms with E-state index in [0.29, 0.717) is 6.04 Å². The highest BCUT2D eigenvalue weighted by atomic mass is 79.9. The summed E-state index contributed by atoms with van der Waals surface area (Å²) in [4.78, 5) is 4.33. The molecule has 0 spiro atoms. The maximum absolute atomic E-state index is 4.33. The molecule has 0 aromatic carbocycles. The summed E-state index contributed by atoms with van der Waals surface area (Å²) in [7, 11) is 0. The Morgan fingerprint density at radius 3 is 2.85 bits per heavy atom. The lowest BCUT2D eigenvalue weighted by Gasteiger charge is -2.07. The van der Waals surface area contributed by atoms with E-state index in [1.54, 1.807) is 0 Å². The van der Waals surface area contributed by atoms with Gasteiger partial charge in [-0.2, -0.15) is 0 Å². The Balaban J connectivity index is 2.11. The van der Waals surface area contributed by atoms with E-state index < -0.39 is 0 Å². The number of anilines is 1. The van der Waals surface area contributed by atoms with Gasteiger partial charge in [0.05, 0.1) is 0 Å². The molecule has 2 unspecified atom stereocenters. The molecule has 13 heavy (non-hydrogen) atoms. The first-order valence-corrected chi connectivity index (χ1v) is 5.35. The van der Waals surface area contributed by atoms with E-state index in [2.05, 4.69) is 46.1 Å². The fourth-order valence-electron chi connectivity index (χ4n) is 1.39. The van der Waals surface area contributed by atoms with Crippen molar-refractivity contribution in [3.05, 3.63) is 22.3 Å². The molecule has 70 valence electrons. The third-order valence-electron chi connectivity index (χ3n) is 2.48. The summed E-state index contributed by atoms with van der Waals surface area (Å²) in [6, 6.07) is 2.73. The number of pyridine rings is 1. The minimum Gasteiger partial charge on any atom is -0.367 e. The largest absolute Gasteiger partial charge is 0.367 e. The van der Waals surface area contributed by atoms with E-state index in [9.17, 15) is 0 Å². The zero-order chi connectivity index (χ0) is 9.42. The quantitative estimate of drug-likeness (QED) is 0.860. The second-order valence-electron chi connectivity index (χ2n) is 3.78. The molecule has 0 radical (unpaired) electrons. The van der Waals surface area contributed by atoms with Gasteiger partial charge in [-0.3, -0.25) is 0 Å². The third-order valence-corrected chi connectivity index (χ3v) is 2.91. The number of nitrogens with one attached hydrogen (secondary N) is 1. The van der Waals surface area contributed by atoms with Crippen LogP contribution >= 0.6 is 15.9 Å². The van der Waals surface area contributed by atoms with Gasteiger partial charge in [-0.1, -0.05) is 6.92 Å². The smallest absolute Gasteiger partial charge is 0.129 e. The van der Waals surface area contributed by atoms with Crippen LogP contribution in [-0.4, -0.2) is 11.0 Å². The Hall–Kier alpha value is -0.570. The fourth-order valence-corrected chi connectivity index (χ4v) is 1.84. The van der Waals surface area contributed by atoms with Crippen molar-refractivity contribution >= 4 is 21.7 Å². The minimum atomic E-state index is 0.646. The molecule has 1 aliphatic carbocycles. The molecule has 1 aliphatic rings.